The lowest BCUT2D eigenvalue weighted by Crippen LogP contribution is -2.57. The minimum Gasteiger partial charge on any atom is -0.495 e. The zero-order valence-electron chi connectivity index (χ0n) is 13.2. The van der Waals surface area contributed by atoms with Crippen molar-refractivity contribution >= 4 is 5.91 Å². The van der Waals surface area contributed by atoms with E-state index in [1.807, 2.05) is 17.0 Å². The first kappa shape index (κ1) is 14.2. The van der Waals surface area contributed by atoms with Crippen molar-refractivity contribution in [2.45, 2.75) is 37.6 Å². The second-order valence-corrected chi connectivity index (χ2v) is 6.24. The Hall–Kier alpha value is -2.37. The molecular formula is C17H20N4O2. The maximum absolute atomic E-state index is 13.0. The van der Waals surface area contributed by atoms with E-state index in [0.29, 0.717) is 11.4 Å². The third-order valence-corrected chi connectivity index (χ3v) is 5.13. The number of aromatic nitrogens is 3. The lowest BCUT2D eigenvalue weighted by atomic mass is 9.70. The highest BCUT2D eigenvalue weighted by Gasteiger charge is 2.50. The van der Waals surface area contributed by atoms with E-state index < -0.39 is 0 Å². The van der Waals surface area contributed by atoms with E-state index in [4.69, 9.17) is 4.74 Å². The summed E-state index contributed by atoms with van der Waals surface area (Å²) in [7, 11) is 1.61. The van der Waals surface area contributed by atoms with Crippen molar-refractivity contribution in [2.75, 3.05) is 13.7 Å². The summed E-state index contributed by atoms with van der Waals surface area (Å²) in [5.74, 6) is 0.774. The highest BCUT2D eigenvalue weighted by atomic mass is 16.5. The van der Waals surface area contributed by atoms with Gasteiger partial charge in [0, 0.05) is 24.9 Å². The second kappa shape index (κ2) is 5.37. The molecule has 0 radical (unpaired) electrons. The topological polar surface area (TPSA) is 71.1 Å². The molecular weight excluding hydrogens is 292 g/mol. The van der Waals surface area contributed by atoms with Gasteiger partial charge in [0.05, 0.1) is 36.8 Å². The van der Waals surface area contributed by atoms with Gasteiger partial charge in [0.25, 0.3) is 0 Å². The van der Waals surface area contributed by atoms with E-state index in [9.17, 15) is 4.79 Å². The van der Waals surface area contributed by atoms with Gasteiger partial charge in [0.1, 0.15) is 5.75 Å². The zero-order valence-corrected chi connectivity index (χ0v) is 13.2. The Kier molecular flexibility index (Phi) is 3.32. The van der Waals surface area contributed by atoms with Crippen LogP contribution in [0.5, 0.6) is 5.75 Å². The van der Waals surface area contributed by atoms with Gasteiger partial charge >= 0.3 is 0 Å². The van der Waals surface area contributed by atoms with Crippen molar-refractivity contribution in [3.63, 3.8) is 0 Å². The van der Waals surface area contributed by atoms with Crippen LogP contribution >= 0.6 is 0 Å². The number of rotatable bonds is 3. The van der Waals surface area contributed by atoms with Gasteiger partial charge < -0.3 is 14.6 Å². The lowest BCUT2D eigenvalue weighted by molar-refractivity contribution is -0.143. The largest absolute Gasteiger partial charge is 0.495 e. The molecule has 1 N–H and O–H groups in total. The molecule has 6 heteroatoms. The smallest absolute Gasteiger partial charge is 0.229 e. The summed E-state index contributed by atoms with van der Waals surface area (Å²) in [6.45, 7) is 0.739. The van der Waals surface area contributed by atoms with Gasteiger partial charge in [0.2, 0.25) is 5.91 Å². The first-order valence-corrected chi connectivity index (χ1v) is 8.06. The Morgan fingerprint density at radius 2 is 2.30 bits per heavy atom. The number of pyridine rings is 1. The van der Waals surface area contributed by atoms with E-state index in [0.717, 1.165) is 37.9 Å². The molecule has 2 aromatic rings. The molecule has 120 valence electrons. The number of H-pyrrole nitrogens is 1. The summed E-state index contributed by atoms with van der Waals surface area (Å²) in [6.07, 6.45) is 7.69. The first-order chi connectivity index (χ1) is 11.2. The van der Waals surface area contributed by atoms with Gasteiger partial charge in [0.15, 0.2) is 0 Å². The van der Waals surface area contributed by atoms with E-state index in [1.54, 1.807) is 19.6 Å². The minimum atomic E-state index is -0.202. The van der Waals surface area contributed by atoms with Crippen molar-refractivity contribution < 1.29 is 9.53 Å². The number of carbonyl (C=O) groups excluding carboxylic acids is 1. The number of methoxy groups -OCH3 is 1. The maximum Gasteiger partial charge on any atom is 0.229 e. The van der Waals surface area contributed by atoms with Crippen molar-refractivity contribution in [3.8, 4) is 5.75 Å². The van der Waals surface area contributed by atoms with E-state index in [2.05, 4.69) is 15.0 Å². The van der Waals surface area contributed by atoms with E-state index >= 15 is 0 Å². The molecule has 0 aromatic carbocycles. The van der Waals surface area contributed by atoms with Crippen molar-refractivity contribution in [2.24, 2.45) is 0 Å². The number of fused-ring (bicyclic) bond motifs is 2. The predicted molar refractivity (Wildman–Crippen MR) is 84.0 cm³/mol. The average molecular weight is 312 g/mol. The SMILES string of the molecule is COc1cccnc1CC(=O)N1CCc2[nH]cnc2C12CCC2. The predicted octanol–water partition coefficient (Wildman–Crippen LogP) is 1.82. The van der Waals surface area contributed by atoms with Crippen LogP contribution in [0, 0.1) is 0 Å². The number of ether oxygens (including phenoxy) is 1. The van der Waals surface area contributed by atoms with Crippen molar-refractivity contribution in [1.82, 2.24) is 19.9 Å². The minimum absolute atomic E-state index is 0.107. The van der Waals surface area contributed by atoms with Gasteiger partial charge in [-0.05, 0) is 31.4 Å². The van der Waals surface area contributed by atoms with Crippen LogP contribution in [0.1, 0.15) is 36.3 Å². The molecule has 3 heterocycles. The monoisotopic (exact) mass is 312 g/mol. The van der Waals surface area contributed by atoms with E-state index in [-0.39, 0.29) is 17.9 Å². The molecule has 1 aliphatic carbocycles. The average Bonchev–Trinajstić information content (AvgIpc) is 3.01. The van der Waals surface area contributed by atoms with Gasteiger partial charge in [-0.2, -0.15) is 0 Å². The van der Waals surface area contributed by atoms with Crippen molar-refractivity contribution in [1.29, 1.82) is 0 Å². The number of hydrogen-bond donors (Lipinski definition) is 1. The summed E-state index contributed by atoms with van der Waals surface area (Å²) >= 11 is 0. The molecule has 0 bridgehead atoms. The van der Waals surface area contributed by atoms with Crippen LogP contribution in [-0.2, 0) is 23.2 Å². The Bertz CT molecular complexity index is 736. The fourth-order valence-corrected chi connectivity index (χ4v) is 3.84. The lowest BCUT2D eigenvalue weighted by Gasteiger charge is -2.52. The number of carbonyl (C=O) groups is 1. The van der Waals surface area contributed by atoms with Crippen LogP contribution in [-0.4, -0.2) is 39.4 Å². The van der Waals surface area contributed by atoms with Crippen LogP contribution < -0.4 is 4.74 Å². The highest BCUT2D eigenvalue weighted by molar-refractivity contribution is 5.80. The summed E-state index contributed by atoms with van der Waals surface area (Å²) in [5, 5.41) is 0. The quantitative estimate of drug-likeness (QED) is 0.938. The molecule has 1 spiro atoms. The Morgan fingerprint density at radius 1 is 1.43 bits per heavy atom. The van der Waals surface area contributed by atoms with Gasteiger partial charge in [-0.1, -0.05) is 0 Å². The Labute approximate surface area is 134 Å². The summed E-state index contributed by atoms with van der Waals surface area (Å²) in [6, 6.07) is 3.66. The normalized spacial score (nSPS) is 18.4. The van der Waals surface area contributed by atoms with Crippen LogP contribution in [0.2, 0.25) is 0 Å². The van der Waals surface area contributed by atoms with E-state index in [1.165, 1.54) is 5.69 Å². The molecule has 1 aliphatic heterocycles. The fraction of sp³-hybridized carbons (Fsp3) is 0.471. The van der Waals surface area contributed by atoms with Gasteiger partial charge in [-0.15, -0.1) is 0 Å². The number of amides is 1. The number of nitrogens with one attached hydrogen (secondary N) is 1. The maximum atomic E-state index is 13.0. The Balaban J connectivity index is 1.62. The standard InChI is InChI=1S/C17H20N4O2/c1-23-14-4-2-8-18-13(14)10-15(22)21-9-5-12-16(20-11-19-12)17(21)6-3-7-17/h2,4,8,11H,3,5-7,9-10H2,1H3,(H,19,20). The van der Waals surface area contributed by atoms with Crippen LogP contribution in [0.25, 0.3) is 0 Å². The third-order valence-electron chi connectivity index (χ3n) is 5.13. The molecule has 2 aromatic heterocycles. The molecule has 0 unspecified atom stereocenters. The molecule has 2 aliphatic rings. The molecule has 6 nitrogen and oxygen atoms in total. The van der Waals surface area contributed by atoms with Crippen LogP contribution in [0.4, 0.5) is 0 Å². The number of aromatic amines is 1. The molecule has 1 amide bonds. The van der Waals surface area contributed by atoms with Crippen molar-refractivity contribution in [3.05, 3.63) is 41.7 Å². The summed E-state index contributed by atoms with van der Waals surface area (Å²) < 4.78 is 5.32. The number of nitrogens with zero attached hydrogens (tertiary/aromatic N) is 3. The molecule has 0 saturated heterocycles. The number of hydrogen-bond acceptors (Lipinski definition) is 4. The fourth-order valence-electron chi connectivity index (χ4n) is 3.84. The van der Waals surface area contributed by atoms with Gasteiger partial charge in [-0.25, -0.2) is 4.98 Å². The molecule has 23 heavy (non-hydrogen) atoms. The summed E-state index contributed by atoms with van der Waals surface area (Å²) in [5.41, 5.74) is 2.75. The Morgan fingerprint density at radius 3 is 3.04 bits per heavy atom. The van der Waals surface area contributed by atoms with Crippen LogP contribution in [0.3, 0.4) is 0 Å². The first-order valence-electron chi connectivity index (χ1n) is 8.06. The molecule has 1 fully saturated rings. The molecule has 0 atom stereocenters. The third kappa shape index (κ3) is 2.12. The second-order valence-electron chi connectivity index (χ2n) is 6.24. The van der Waals surface area contributed by atoms with Crippen LogP contribution in [0.15, 0.2) is 24.7 Å². The molecule has 1 saturated carbocycles. The summed E-state index contributed by atoms with van der Waals surface area (Å²) in [4.78, 5) is 27.0. The zero-order chi connectivity index (χ0) is 15.9. The number of imidazole rings is 1. The highest BCUT2D eigenvalue weighted by Crippen LogP contribution is 2.49. The molecule has 4 rings (SSSR count). The van der Waals surface area contributed by atoms with Gasteiger partial charge in [-0.3, -0.25) is 9.78 Å².